The molecule has 1 aromatic rings. The predicted molar refractivity (Wildman–Crippen MR) is 61.7 cm³/mol. The molecule has 1 aromatic carbocycles. The lowest BCUT2D eigenvalue weighted by Gasteiger charge is -2.19. The van der Waals surface area contributed by atoms with Crippen molar-refractivity contribution in [1.29, 1.82) is 0 Å². The van der Waals surface area contributed by atoms with Gasteiger partial charge < -0.3 is 15.3 Å². The Morgan fingerprint density at radius 2 is 1.87 bits per heavy atom. The predicted octanol–water partition coefficient (Wildman–Crippen LogP) is 1.36. The number of aliphatic hydroxyl groups excluding tert-OH is 3. The standard InChI is InChI=1S/C11H15BrO3/c12-6-5-10(14)11(15)9-4-2-1-3-8(9)7-13/h1-4,10-11,13-15H,5-7H2. The highest BCUT2D eigenvalue weighted by atomic mass is 79.9. The molecule has 2 unspecified atom stereocenters. The fourth-order valence-electron chi connectivity index (χ4n) is 1.44. The second-order valence-electron chi connectivity index (χ2n) is 3.35. The van der Waals surface area contributed by atoms with Crippen molar-refractivity contribution < 1.29 is 15.3 Å². The van der Waals surface area contributed by atoms with Gasteiger partial charge >= 0.3 is 0 Å². The van der Waals surface area contributed by atoms with Crippen LogP contribution in [0.25, 0.3) is 0 Å². The van der Waals surface area contributed by atoms with Crippen LogP contribution in [0.2, 0.25) is 0 Å². The molecule has 0 heterocycles. The smallest absolute Gasteiger partial charge is 0.105 e. The van der Waals surface area contributed by atoms with Gasteiger partial charge in [-0.05, 0) is 17.5 Å². The molecule has 0 aliphatic rings. The Labute approximate surface area is 97.5 Å². The molecule has 2 atom stereocenters. The van der Waals surface area contributed by atoms with E-state index in [-0.39, 0.29) is 6.61 Å². The summed E-state index contributed by atoms with van der Waals surface area (Å²) >= 11 is 3.21. The molecule has 0 aliphatic carbocycles. The van der Waals surface area contributed by atoms with E-state index in [0.29, 0.717) is 22.9 Å². The Hall–Kier alpha value is -0.420. The molecule has 4 heteroatoms. The fourth-order valence-corrected chi connectivity index (χ4v) is 1.91. The van der Waals surface area contributed by atoms with Crippen LogP contribution < -0.4 is 0 Å². The zero-order valence-electron chi connectivity index (χ0n) is 8.31. The molecule has 0 bridgehead atoms. The van der Waals surface area contributed by atoms with Gasteiger partial charge in [-0.2, -0.15) is 0 Å². The molecule has 0 aliphatic heterocycles. The van der Waals surface area contributed by atoms with Gasteiger partial charge in [0.1, 0.15) is 6.10 Å². The van der Waals surface area contributed by atoms with Gasteiger partial charge in [-0.15, -0.1) is 0 Å². The molecule has 1 rings (SSSR count). The molecule has 0 radical (unpaired) electrons. The summed E-state index contributed by atoms with van der Waals surface area (Å²) in [6, 6.07) is 7.02. The van der Waals surface area contributed by atoms with Crippen LogP contribution in [0.4, 0.5) is 0 Å². The average molecular weight is 275 g/mol. The van der Waals surface area contributed by atoms with Crippen LogP contribution >= 0.6 is 15.9 Å². The molecule has 0 saturated heterocycles. The quantitative estimate of drug-likeness (QED) is 0.711. The summed E-state index contributed by atoms with van der Waals surface area (Å²) in [5.41, 5.74) is 1.24. The van der Waals surface area contributed by atoms with Gasteiger partial charge in [0.2, 0.25) is 0 Å². The Balaban J connectivity index is 2.84. The van der Waals surface area contributed by atoms with Crippen molar-refractivity contribution in [1.82, 2.24) is 0 Å². The summed E-state index contributed by atoms with van der Waals surface area (Å²) in [5, 5.41) is 29.2. The van der Waals surface area contributed by atoms with Gasteiger partial charge in [0.25, 0.3) is 0 Å². The number of hydrogen-bond acceptors (Lipinski definition) is 3. The van der Waals surface area contributed by atoms with E-state index in [9.17, 15) is 10.2 Å². The van der Waals surface area contributed by atoms with Gasteiger partial charge in [0.15, 0.2) is 0 Å². The Bertz CT molecular complexity index is 304. The van der Waals surface area contributed by atoms with Crippen LogP contribution in [0, 0.1) is 0 Å². The van der Waals surface area contributed by atoms with E-state index in [1.54, 1.807) is 24.3 Å². The maximum Gasteiger partial charge on any atom is 0.105 e. The van der Waals surface area contributed by atoms with E-state index in [1.165, 1.54) is 0 Å². The molecule has 3 nitrogen and oxygen atoms in total. The van der Waals surface area contributed by atoms with Crippen molar-refractivity contribution in [3.8, 4) is 0 Å². The van der Waals surface area contributed by atoms with Crippen molar-refractivity contribution in [3.63, 3.8) is 0 Å². The van der Waals surface area contributed by atoms with Gasteiger partial charge in [-0.3, -0.25) is 0 Å². The van der Waals surface area contributed by atoms with Crippen molar-refractivity contribution in [2.45, 2.75) is 25.2 Å². The van der Waals surface area contributed by atoms with Gasteiger partial charge in [-0.1, -0.05) is 40.2 Å². The summed E-state index contributed by atoms with van der Waals surface area (Å²) in [5.74, 6) is 0. The highest BCUT2D eigenvalue weighted by molar-refractivity contribution is 9.09. The van der Waals surface area contributed by atoms with Gasteiger partial charge in [0.05, 0.1) is 12.7 Å². The maximum atomic E-state index is 9.85. The number of rotatable bonds is 5. The Morgan fingerprint density at radius 1 is 1.20 bits per heavy atom. The molecule has 0 fully saturated rings. The molecule has 84 valence electrons. The first kappa shape index (κ1) is 12.6. The van der Waals surface area contributed by atoms with Crippen molar-refractivity contribution in [2.24, 2.45) is 0 Å². The first-order valence-corrected chi connectivity index (χ1v) is 5.93. The molecule has 0 spiro atoms. The SMILES string of the molecule is OCc1ccccc1C(O)C(O)CCBr. The molecule has 0 amide bonds. The minimum atomic E-state index is -0.939. The minimum absolute atomic E-state index is 0.131. The van der Waals surface area contributed by atoms with E-state index in [0.717, 1.165) is 0 Å². The van der Waals surface area contributed by atoms with E-state index in [2.05, 4.69) is 15.9 Å². The third-order valence-electron chi connectivity index (χ3n) is 2.31. The van der Waals surface area contributed by atoms with Crippen molar-refractivity contribution in [3.05, 3.63) is 35.4 Å². The molecule has 15 heavy (non-hydrogen) atoms. The monoisotopic (exact) mass is 274 g/mol. The number of alkyl halides is 1. The van der Waals surface area contributed by atoms with Gasteiger partial charge in [-0.25, -0.2) is 0 Å². The molecular formula is C11H15BrO3. The van der Waals surface area contributed by atoms with Crippen LogP contribution in [0.15, 0.2) is 24.3 Å². The average Bonchev–Trinajstić information content (AvgIpc) is 2.28. The second-order valence-corrected chi connectivity index (χ2v) is 4.14. The molecule has 0 aromatic heterocycles. The lowest BCUT2D eigenvalue weighted by atomic mass is 9.98. The maximum absolute atomic E-state index is 9.85. The zero-order chi connectivity index (χ0) is 11.3. The molecular weight excluding hydrogens is 260 g/mol. The normalized spacial score (nSPS) is 14.9. The Kier molecular flexibility index (Phi) is 5.25. The van der Waals surface area contributed by atoms with E-state index in [4.69, 9.17) is 5.11 Å². The summed E-state index contributed by atoms with van der Waals surface area (Å²) in [4.78, 5) is 0. The van der Waals surface area contributed by atoms with E-state index < -0.39 is 12.2 Å². The number of hydrogen-bond donors (Lipinski definition) is 3. The number of aliphatic hydroxyl groups is 3. The van der Waals surface area contributed by atoms with E-state index in [1.807, 2.05) is 0 Å². The lowest BCUT2D eigenvalue weighted by Crippen LogP contribution is -2.19. The molecule has 3 N–H and O–H groups in total. The minimum Gasteiger partial charge on any atom is -0.392 e. The van der Waals surface area contributed by atoms with Gasteiger partial charge in [0, 0.05) is 5.33 Å². The zero-order valence-corrected chi connectivity index (χ0v) is 9.89. The third kappa shape index (κ3) is 3.28. The summed E-state index contributed by atoms with van der Waals surface area (Å²) < 4.78 is 0. The Morgan fingerprint density at radius 3 is 2.47 bits per heavy atom. The van der Waals surface area contributed by atoms with Crippen LogP contribution in [0.1, 0.15) is 23.7 Å². The summed E-state index contributed by atoms with van der Waals surface area (Å²) in [6.45, 7) is -0.131. The molecule has 0 saturated carbocycles. The number of halogens is 1. The van der Waals surface area contributed by atoms with Crippen LogP contribution in [-0.2, 0) is 6.61 Å². The highest BCUT2D eigenvalue weighted by Crippen LogP contribution is 2.23. The first-order chi connectivity index (χ1) is 7.20. The van der Waals surface area contributed by atoms with Crippen LogP contribution in [0.3, 0.4) is 0 Å². The summed E-state index contributed by atoms with van der Waals surface area (Å²) in [6.07, 6.45) is -1.27. The number of benzene rings is 1. The fraction of sp³-hybridized carbons (Fsp3) is 0.455. The topological polar surface area (TPSA) is 60.7 Å². The lowest BCUT2D eigenvalue weighted by molar-refractivity contribution is 0.0162. The van der Waals surface area contributed by atoms with E-state index >= 15 is 0 Å². The van der Waals surface area contributed by atoms with Crippen molar-refractivity contribution in [2.75, 3.05) is 5.33 Å². The summed E-state index contributed by atoms with van der Waals surface area (Å²) in [7, 11) is 0. The second kappa shape index (κ2) is 6.23. The van der Waals surface area contributed by atoms with Crippen LogP contribution in [-0.4, -0.2) is 26.8 Å². The highest BCUT2D eigenvalue weighted by Gasteiger charge is 2.19. The van der Waals surface area contributed by atoms with Crippen molar-refractivity contribution >= 4 is 15.9 Å². The largest absolute Gasteiger partial charge is 0.392 e. The van der Waals surface area contributed by atoms with Crippen LogP contribution in [0.5, 0.6) is 0 Å². The first-order valence-electron chi connectivity index (χ1n) is 4.81. The third-order valence-corrected chi connectivity index (χ3v) is 2.77.